The quantitative estimate of drug-likeness (QED) is 0.245. The average Bonchev–Trinajstić information content (AvgIpc) is 2.91. The van der Waals surface area contributed by atoms with E-state index in [2.05, 4.69) is 45.2 Å². The molecule has 0 aliphatic heterocycles. The van der Waals surface area contributed by atoms with E-state index in [1.54, 1.807) is 7.05 Å². The Labute approximate surface area is 202 Å². The van der Waals surface area contributed by atoms with Crippen LogP contribution in [0.3, 0.4) is 0 Å². The van der Waals surface area contributed by atoms with Gasteiger partial charge in [0.2, 0.25) is 0 Å². The second-order valence-electron chi connectivity index (χ2n) is 7.90. The van der Waals surface area contributed by atoms with Crippen molar-refractivity contribution in [2.45, 2.75) is 59.7 Å². The highest BCUT2D eigenvalue weighted by Crippen LogP contribution is 2.14. The van der Waals surface area contributed by atoms with Crippen molar-refractivity contribution in [2.24, 2.45) is 12.0 Å². The fourth-order valence-electron chi connectivity index (χ4n) is 3.22. The average molecular weight is 541 g/mol. The Balaban J connectivity index is 0.00000480. The third-order valence-corrected chi connectivity index (χ3v) is 4.87. The summed E-state index contributed by atoms with van der Waals surface area (Å²) in [6.07, 6.45) is 0.880. The molecule has 0 radical (unpaired) electrons. The number of benzene rings is 1. The fourth-order valence-corrected chi connectivity index (χ4v) is 3.22. The molecule has 31 heavy (non-hydrogen) atoms. The van der Waals surface area contributed by atoms with Crippen molar-refractivity contribution in [3.05, 3.63) is 46.8 Å². The minimum absolute atomic E-state index is 0. The number of rotatable bonds is 7. The van der Waals surface area contributed by atoms with Gasteiger partial charge in [-0.3, -0.25) is 9.67 Å². The first kappa shape index (κ1) is 26.7. The summed E-state index contributed by atoms with van der Waals surface area (Å²) >= 11 is 0. The van der Waals surface area contributed by atoms with Crippen molar-refractivity contribution < 1.29 is 4.79 Å². The van der Waals surface area contributed by atoms with E-state index in [9.17, 15) is 4.79 Å². The molecule has 8 nitrogen and oxygen atoms in total. The van der Waals surface area contributed by atoms with E-state index in [0.29, 0.717) is 6.54 Å². The zero-order chi connectivity index (χ0) is 22.3. The summed E-state index contributed by atoms with van der Waals surface area (Å²) in [4.78, 5) is 16.1. The molecule has 0 saturated heterocycles. The normalized spacial score (nSPS) is 12.2. The third kappa shape index (κ3) is 8.39. The first-order chi connectivity index (χ1) is 14.2. The molecule has 172 valence electrons. The van der Waals surface area contributed by atoms with Gasteiger partial charge in [-0.2, -0.15) is 5.10 Å². The number of urea groups is 1. The van der Waals surface area contributed by atoms with Crippen molar-refractivity contribution in [3.8, 4) is 0 Å². The largest absolute Gasteiger partial charge is 0.354 e. The van der Waals surface area contributed by atoms with Crippen molar-refractivity contribution in [1.82, 2.24) is 25.7 Å². The predicted molar refractivity (Wildman–Crippen MR) is 138 cm³/mol. The van der Waals surface area contributed by atoms with E-state index in [1.807, 2.05) is 56.8 Å². The van der Waals surface area contributed by atoms with Gasteiger partial charge in [-0.15, -0.1) is 24.0 Å². The van der Waals surface area contributed by atoms with Crippen LogP contribution in [-0.4, -0.2) is 40.9 Å². The van der Waals surface area contributed by atoms with Gasteiger partial charge >= 0.3 is 6.03 Å². The van der Waals surface area contributed by atoms with Crippen LogP contribution in [0.4, 0.5) is 10.5 Å². The highest BCUT2D eigenvalue weighted by Gasteiger charge is 2.14. The smallest absolute Gasteiger partial charge is 0.319 e. The molecule has 2 aromatic rings. The summed E-state index contributed by atoms with van der Waals surface area (Å²) in [5, 5.41) is 16.9. The molecule has 0 fully saturated rings. The number of guanidine groups is 1. The molecule has 2 rings (SSSR count). The first-order valence-corrected chi connectivity index (χ1v) is 10.3. The predicted octanol–water partition coefficient (Wildman–Crippen LogP) is 3.48. The molecule has 0 saturated carbocycles. The van der Waals surface area contributed by atoms with Gasteiger partial charge in [0.1, 0.15) is 0 Å². The molecule has 0 bridgehead atoms. The van der Waals surface area contributed by atoms with Gasteiger partial charge in [-0.1, -0.05) is 12.1 Å². The number of anilines is 1. The van der Waals surface area contributed by atoms with Crippen molar-refractivity contribution in [3.63, 3.8) is 0 Å². The summed E-state index contributed by atoms with van der Waals surface area (Å²) in [5.74, 6) is 0.750. The number of nitrogens with one attached hydrogen (secondary N) is 4. The van der Waals surface area contributed by atoms with Crippen molar-refractivity contribution in [2.75, 3.05) is 12.4 Å². The number of hydrogen-bond acceptors (Lipinski definition) is 3. The Kier molecular flexibility index (Phi) is 10.8. The molecule has 1 aromatic carbocycles. The van der Waals surface area contributed by atoms with Crippen LogP contribution < -0.4 is 21.3 Å². The Morgan fingerprint density at radius 2 is 1.77 bits per heavy atom. The van der Waals surface area contributed by atoms with Gasteiger partial charge in [0, 0.05) is 44.1 Å². The summed E-state index contributed by atoms with van der Waals surface area (Å²) in [6.45, 7) is 10.8. The number of carbonyl (C=O) groups is 1. The zero-order valence-corrected chi connectivity index (χ0v) is 21.9. The topological polar surface area (TPSA) is 95.4 Å². The van der Waals surface area contributed by atoms with Crippen LogP contribution in [0.1, 0.15) is 43.3 Å². The fraction of sp³-hybridized carbons (Fsp3) is 0.500. The first-order valence-electron chi connectivity index (χ1n) is 10.3. The number of aryl methyl sites for hydroxylation is 2. The lowest BCUT2D eigenvalue weighted by atomic mass is 10.1. The van der Waals surface area contributed by atoms with Gasteiger partial charge in [0.05, 0.1) is 5.69 Å². The molecule has 0 aliphatic carbocycles. The van der Waals surface area contributed by atoms with Crippen LogP contribution in [-0.2, 0) is 20.0 Å². The molecule has 2 amide bonds. The number of halogens is 1. The monoisotopic (exact) mass is 541 g/mol. The molecule has 4 N–H and O–H groups in total. The number of aliphatic imine (C=N–C) groups is 1. The van der Waals surface area contributed by atoms with Crippen LogP contribution in [0.25, 0.3) is 0 Å². The number of hydrogen-bond donors (Lipinski definition) is 4. The highest BCUT2D eigenvalue weighted by molar-refractivity contribution is 14.0. The summed E-state index contributed by atoms with van der Waals surface area (Å²) < 4.78 is 1.93. The number of carbonyl (C=O) groups excluding carboxylic acids is 1. The van der Waals surface area contributed by atoms with Crippen LogP contribution in [0.2, 0.25) is 0 Å². The van der Waals surface area contributed by atoms with E-state index >= 15 is 0 Å². The summed E-state index contributed by atoms with van der Waals surface area (Å²) in [5.41, 5.74) is 5.40. The van der Waals surface area contributed by atoms with E-state index in [4.69, 9.17) is 0 Å². The highest BCUT2D eigenvalue weighted by atomic mass is 127. The van der Waals surface area contributed by atoms with Crippen LogP contribution in [0.15, 0.2) is 29.3 Å². The Morgan fingerprint density at radius 3 is 2.29 bits per heavy atom. The SMILES string of the molecule is CN=C(NCc1ccc(NC(=O)NC(C)C)cc1)NC(C)Cc1c(C)nn(C)c1C.I. The Bertz CT molecular complexity index is 875. The zero-order valence-electron chi connectivity index (χ0n) is 19.5. The van der Waals surface area contributed by atoms with E-state index in [-0.39, 0.29) is 42.1 Å². The van der Waals surface area contributed by atoms with Gasteiger partial charge in [-0.05, 0) is 64.3 Å². The lowest BCUT2D eigenvalue weighted by Gasteiger charge is -2.18. The minimum Gasteiger partial charge on any atom is -0.354 e. The Hall–Kier alpha value is -2.30. The van der Waals surface area contributed by atoms with Gasteiger partial charge in [-0.25, -0.2) is 4.79 Å². The summed E-state index contributed by atoms with van der Waals surface area (Å²) in [6, 6.07) is 7.86. The van der Waals surface area contributed by atoms with Crippen LogP contribution in [0, 0.1) is 13.8 Å². The maximum atomic E-state index is 11.8. The lowest BCUT2D eigenvalue weighted by molar-refractivity contribution is 0.250. The molecule has 0 aliphatic rings. The van der Waals surface area contributed by atoms with E-state index in [0.717, 1.165) is 29.3 Å². The molecule has 1 heterocycles. The second kappa shape index (κ2) is 12.5. The van der Waals surface area contributed by atoms with E-state index in [1.165, 1.54) is 11.3 Å². The number of nitrogens with zero attached hydrogens (tertiary/aromatic N) is 3. The second-order valence-corrected chi connectivity index (χ2v) is 7.90. The maximum Gasteiger partial charge on any atom is 0.319 e. The van der Waals surface area contributed by atoms with Crippen molar-refractivity contribution in [1.29, 1.82) is 0 Å². The van der Waals surface area contributed by atoms with Gasteiger partial charge in [0.25, 0.3) is 0 Å². The van der Waals surface area contributed by atoms with Gasteiger partial charge < -0.3 is 21.3 Å². The van der Waals surface area contributed by atoms with E-state index < -0.39 is 0 Å². The molecular weight excluding hydrogens is 505 g/mol. The summed E-state index contributed by atoms with van der Waals surface area (Å²) in [7, 11) is 3.74. The minimum atomic E-state index is -0.200. The Morgan fingerprint density at radius 1 is 1.13 bits per heavy atom. The molecule has 1 unspecified atom stereocenters. The number of aromatic nitrogens is 2. The maximum absolute atomic E-state index is 11.8. The molecule has 0 spiro atoms. The lowest BCUT2D eigenvalue weighted by Crippen LogP contribution is -2.42. The van der Waals surface area contributed by atoms with Crippen molar-refractivity contribution >= 4 is 41.7 Å². The number of amides is 2. The molecule has 9 heteroatoms. The van der Waals surface area contributed by atoms with Gasteiger partial charge in [0.15, 0.2) is 5.96 Å². The van der Waals surface area contributed by atoms with Crippen LogP contribution in [0.5, 0.6) is 0 Å². The molecule has 1 atom stereocenters. The molecular formula is C22H36IN7O. The standard InChI is InChI=1S/C22H35N7O.HI/c1-14(2)25-22(30)27-19-10-8-18(9-11-19)13-24-21(23-6)26-15(3)12-20-16(4)28-29(7)17(20)5;/h8-11,14-15H,12-13H2,1-7H3,(H2,23,24,26)(H2,25,27,30);1H. The van der Waals surface area contributed by atoms with Crippen LogP contribution >= 0.6 is 24.0 Å². The molecule has 1 aromatic heterocycles. The third-order valence-electron chi connectivity index (χ3n) is 4.87.